The number of benzene rings is 1. The van der Waals surface area contributed by atoms with Crippen LogP contribution >= 0.6 is 0 Å². The van der Waals surface area contributed by atoms with E-state index >= 15 is 0 Å². The van der Waals surface area contributed by atoms with Crippen molar-refractivity contribution in [1.29, 1.82) is 0 Å². The molecule has 4 atom stereocenters. The molecule has 158 valence electrons. The van der Waals surface area contributed by atoms with Gasteiger partial charge in [0.25, 0.3) is 17.5 Å². The van der Waals surface area contributed by atoms with Gasteiger partial charge in [0, 0.05) is 0 Å². The Bertz CT molecular complexity index is 1120. The van der Waals surface area contributed by atoms with E-state index in [-0.39, 0.29) is 58.3 Å². The number of rotatable bonds is 5. The molecule has 9 heteroatoms. The lowest BCUT2D eigenvalue weighted by molar-refractivity contribution is -0.384. The zero-order valence-electron chi connectivity index (χ0n) is 16.6. The van der Waals surface area contributed by atoms with E-state index in [0.29, 0.717) is 5.75 Å². The predicted molar refractivity (Wildman–Crippen MR) is 109 cm³/mol. The molecule has 2 bridgehead atoms. The molecule has 0 N–H and O–H groups in total. The predicted octanol–water partition coefficient (Wildman–Crippen LogP) is 3.39. The number of carbonyl (C=O) groups excluding carboxylic acids is 2. The first-order valence-electron chi connectivity index (χ1n) is 10.0. The number of hydrogen-bond acceptors (Lipinski definition) is 7. The number of fused-ring (bicyclic) bond motifs is 1. The summed E-state index contributed by atoms with van der Waals surface area (Å²) in [6.45, 7) is 0. The number of allylic oxidation sites excluding steroid dienone is 2. The smallest absolute Gasteiger partial charge is 0.284 e. The highest BCUT2D eigenvalue weighted by molar-refractivity contribution is 6.06. The van der Waals surface area contributed by atoms with Crippen molar-refractivity contribution in [2.45, 2.75) is 12.8 Å². The number of nitro benzene ring substituents is 1. The number of hydrogen-bond donors (Lipinski definition) is 0. The molecule has 2 amide bonds. The Labute approximate surface area is 177 Å². The van der Waals surface area contributed by atoms with Crippen LogP contribution in [0.15, 0.2) is 52.0 Å². The molecule has 3 aliphatic carbocycles. The van der Waals surface area contributed by atoms with E-state index in [1.54, 1.807) is 18.2 Å². The molecule has 2 fully saturated rings. The van der Waals surface area contributed by atoms with Crippen molar-refractivity contribution >= 4 is 23.7 Å². The molecule has 31 heavy (non-hydrogen) atoms. The van der Waals surface area contributed by atoms with Gasteiger partial charge in [-0.25, -0.2) is 0 Å². The third kappa shape index (κ3) is 3.04. The number of methoxy groups -OCH3 is 1. The zero-order chi connectivity index (χ0) is 21.7. The average Bonchev–Trinajstić information content (AvgIpc) is 3.36. The molecular formula is C22H19N3O6. The Morgan fingerprint density at radius 1 is 1.13 bits per heavy atom. The minimum absolute atomic E-state index is 0.0949. The quantitative estimate of drug-likeness (QED) is 0.240. The van der Waals surface area contributed by atoms with E-state index in [1.165, 1.54) is 25.5 Å². The van der Waals surface area contributed by atoms with E-state index in [0.717, 1.165) is 17.9 Å². The van der Waals surface area contributed by atoms with Gasteiger partial charge in [0.15, 0.2) is 0 Å². The molecule has 6 rings (SSSR count). The standard InChI is InChI=1S/C22H19N3O6/c1-30-14-6-8-16(17(10-14)25(28)29)18-9-7-15(31-18)11-23-24-21(26)19-12-2-3-13(5-4-12)20(19)22(24)27/h2-3,6-13,19-20H,4-5H2,1H3/b23-11-/t12-,13-,19-,20-/m1/s1. The maximum absolute atomic E-state index is 12.8. The normalized spacial score (nSPS) is 26.7. The molecule has 0 spiro atoms. The summed E-state index contributed by atoms with van der Waals surface area (Å²) in [5.41, 5.74) is 0.126. The maximum atomic E-state index is 12.8. The van der Waals surface area contributed by atoms with Crippen LogP contribution in [0.5, 0.6) is 5.75 Å². The van der Waals surface area contributed by atoms with Crippen molar-refractivity contribution in [3.05, 3.63) is 58.4 Å². The highest BCUT2D eigenvalue weighted by Crippen LogP contribution is 2.49. The van der Waals surface area contributed by atoms with Gasteiger partial charge in [-0.3, -0.25) is 19.7 Å². The van der Waals surface area contributed by atoms with Gasteiger partial charge >= 0.3 is 0 Å². The molecule has 0 radical (unpaired) electrons. The summed E-state index contributed by atoms with van der Waals surface area (Å²) < 4.78 is 10.7. The number of amides is 2. The number of nitro groups is 1. The van der Waals surface area contributed by atoms with Crippen molar-refractivity contribution < 1.29 is 23.7 Å². The SMILES string of the molecule is COc1ccc(-c2ccc(/C=N\N3C(=O)[C@H]4[C@H](C3=O)[C@@H]3C=C[C@@H]4CC3)o2)c([N+](=O)[O-])c1. The second-order valence-electron chi connectivity index (χ2n) is 7.92. The molecule has 1 saturated carbocycles. The molecular weight excluding hydrogens is 402 g/mol. The van der Waals surface area contributed by atoms with Gasteiger partial charge in [-0.15, -0.1) is 0 Å². The van der Waals surface area contributed by atoms with E-state index in [2.05, 4.69) is 5.10 Å². The van der Waals surface area contributed by atoms with Crippen LogP contribution in [0, 0.1) is 33.8 Å². The fourth-order valence-electron chi connectivity index (χ4n) is 4.85. The number of nitrogens with zero attached hydrogens (tertiary/aromatic N) is 3. The van der Waals surface area contributed by atoms with Gasteiger partial charge in [-0.1, -0.05) is 12.2 Å². The number of imide groups is 1. The number of carbonyl (C=O) groups is 2. The van der Waals surface area contributed by atoms with Crippen LogP contribution in [-0.2, 0) is 9.59 Å². The van der Waals surface area contributed by atoms with Crippen LogP contribution in [0.25, 0.3) is 11.3 Å². The van der Waals surface area contributed by atoms with Crippen molar-refractivity contribution in [1.82, 2.24) is 5.01 Å². The van der Waals surface area contributed by atoms with Crippen LogP contribution < -0.4 is 4.74 Å². The molecule has 4 aliphatic rings. The van der Waals surface area contributed by atoms with Gasteiger partial charge < -0.3 is 9.15 Å². The second-order valence-corrected chi connectivity index (χ2v) is 7.92. The minimum atomic E-state index is -0.514. The van der Waals surface area contributed by atoms with Crippen LogP contribution in [0.2, 0.25) is 0 Å². The first-order valence-corrected chi connectivity index (χ1v) is 10.0. The summed E-state index contributed by atoms with van der Waals surface area (Å²) in [6, 6.07) is 7.61. The largest absolute Gasteiger partial charge is 0.497 e. The zero-order valence-corrected chi connectivity index (χ0v) is 16.6. The number of hydrazone groups is 1. The van der Waals surface area contributed by atoms with Crippen LogP contribution in [0.4, 0.5) is 5.69 Å². The van der Waals surface area contributed by atoms with E-state index < -0.39 is 4.92 Å². The van der Waals surface area contributed by atoms with Gasteiger partial charge in [0.05, 0.1) is 41.7 Å². The van der Waals surface area contributed by atoms with Crippen LogP contribution in [0.1, 0.15) is 18.6 Å². The highest BCUT2D eigenvalue weighted by atomic mass is 16.6. The monoisotopic (exact) mass is 421 g/mol. The first kappa shape index (κ1) is 19.2. The molecule has 0 unspecified atom stereocenters. The van der Waals surface area contributed by atoms with E-state index in [4.69, 9.17) is 9.15 Å². The fourth-order valence-corrected chi connectivity index (χ4v) is 4.85. The minimum Gasteiger partial charge on any atom is -0.497 e. The average molecular weight is 421 g/mol. The Kier molecular flexibility index (Phi) is 4.46. The first-order chi connectivity index (χ1) is 15.0. The fraction of sp³-hybridized carbons (Fsp3) is 0.318. The number of ether oxygens (including phenoxy) is 1. The summed E-state index contributed by atoms with van der Waals surface area (Å²) in [5, 5.41) is 16.5. The summed E-state index contributed by atoms with van der Waals surface area (Å²) >= 11 is 0. The Morgan fingerprint density at radius 2 is 1.81 bits per heavy atom. The second kappa shape index (κ2) is 7.19. The lowest BCUT2D eigenvalue weighted by Gasteiger charge is -2.37. The van der Waals surface area contributed by atoms with Gasteiger partial charge in [0.1, 0.15) is 17.3 Å². The highest BCUT2D eigenvalue weighted by Gasteiger charge is 2.56. The van der Waals surface area contributed by atoms with Gasteiger partial charge in [-0.05, 0) is 48.9 Å². The third-order valence-corrected chi connectivity index (χ3v) is 6.33. The van der Waals surface area contributed by atoms with Crippen molar-refractivity contribution in [3.8, 4) is 17.1 Å². The Hall–Kier alpha value is -3.75. The summed E-state index contributed by atoms with van der Waals surface area (Å²) in [7, 11) is 1.43. The molecule has 1 saturated heterocycles. The molecule has 1 aromatic heterocycles. The van der Waals surface area contributed by atoms with Crippen molar-refractivity contribution in [2.24, 2.45) is 28.8 Å². The maximum Gasteiger partial charge on any atom is 0.284 e. The summed E-state index contributed by atoms with van der Waals surface area (Å²) in [5.74, 6) is -0.118. The van der Waals surface area contributed by atoms with Crippen LogP contribution in [-0.4, -0.2) is 35.1 Å². The number of furan rings is 1. The third-order valence-electron chi connectivity index (χ3n) is 6.33. The van der Waals surface area contributed by atoms with Gasteiger partial charge in [-0.2, -0.15) is 10.1 Å². The van der Waals surface area contributed by atoms with Crippen molar-refractivity contribution in [3.63, 3.8) is 0 Å². The Morgan fingerprint density at radius 3 is 2.39 bits per heavy atom. The van der Waals surface area contributed by atoms with E-state index in [9.17, 15) is 19.7 Å². The molecule has 2 aromatic rings. The van der Waals surface area contributed by atoms with E-state index in [1.807, 2.05) is 12.2 Å². The summed E-state index contributed by atoms with van der Waals surface area (Å²) in [6.07, 6.45) is 7.23. The molecule has 1 aliphatic heterocycles. The topological polar surface area (TPSA) is 115 Å². The molecule has 1 aromatic carbocycles. The van der Waals surface area contributed by atoms with Gasteiger partial charge in [0.2, 0.25) is 0 Å². The molecule has 2 heterocycles. The lowest BCUT2D eigenvalue weighted by Crippen LogP contribution is -2.38. The lowest BCUT2D eigenvalue weighted by atomic mass is 9.63. The van der Waals surface area contributed by atoms with Crippen molar-refractivity contribution in [2.75, 3.05) is 7.11 Å². The summed E-state index contributed by atoms with van der Waals surface area (Å²) in [4.78, 5) is 36.5. The van der Waals surface area contributed by atoms with Crippen LogP contribution in [0.3, 0.4) is 0 Å². The molecule has 9 nitrogen and oxygen atoms in total. The Balaban J connectivity index is 1.39.